The van der Waals surface area contributed by atoms with Crippen molar-refractivity contribution in [3.05, 3.63) is 35.4 Å². The standard InChI is InChI=1S/C9H7O/c10-9-6-2-4-7-3-1-5-8(7)9/h1-2,4-6H,3H2. The lowest BCUT2D eigenvalue weighted by Gasteiger charge is -1.96. The first kappa shape index (κ1) is 5.54. The number of hydrogen-bond donors (Lipinski definition) is 0. The predicted octanol–water partition coefficient (Wildman–Crippen LogP) is 2.40. The fourth-order valence-corrected chi connectivity index (χ4v) is 1.26. The Morgan fingerprint density at radius 1 is 1.30 bits per heavy atom. The van der Waals surface area contributed by atoms with Crippen LogP contribution < -0.4 is 0 Å². The highest BCUT2D eigenvalue weighted by Gasteiger charge is 2.08. The molecule has 1 aliphatic rings. The Kier molecular flexibility index (Phi) is 1.04. The van der Waals surface area contributed by atoms with E-state index in [4.69, 9.17) is 0 Å². The Morgan fingerprint density at radius 3 is 3.00 bits per heavy atom. The first-order chi connectivity index (χ1) is 4.88. The molecule has 0 saturated heterocycles. The second kappa shape index (κ2) is 1.87. The molecule has 0 fully saturated rings. The molecule has 1 aromatic rings. The Balaban J connectivity index is 2.67. The maximum Gasteiger partial charge on any atom is 0.186 e. The zero-order valence-electron chi connectivity index (χ0n) is 5.50. The van der Waals surface area contributed by atoms with Gasteiger partial charge in [-0.15, -0.1) is 0 Å². The summed E-state index contributed by atoms with van der Waals surface area (Å²) in [6, 6.07) is 5.42. The molecule has 1 radical (unpaired) electrons. The van der Waals surface area contributed by atoms with Crippen molar-refractivity contribution in [3.8, 4) is 5.75 Å². The maximum absolute atomic E-state index is 11.1. The number of rotatable bonds is 0. The minimum absolute atomic E-state index is 0.145. The third-order valence-corrected chi connectivity index (χ3v) is 1.78. The van der Waals surface area contributed by atoms with Gasteiger partial charge < -0.3 is 0 Å². The second-order valence-electron chi connectivity index (χ2n) is 2.44. The van der Waals surface area contributed by atoms with Gasteiger partial charge in [-0.05, 0) is 18.1 Å². The zero-order valence-corrected chi connectivity index (χ0v) is 5.50. The van der Waals surface area contributed by atoms with E-state index in [0.717, 1.165) is 17.5 Å². The van der Waals surface area contributed by atoms with E-state index in [-0.39, 0.29) is 5.75 Å². The summed E-state index contributed by atoms with van der Waals surface area (Å²) < 4.78 is 0. The van der Waals surface area contributed by atoms with Crippen LogP contribution in [0.25, 0.3) is 6.08 Å². The van der Waals surface area contributed by atoms with Gasteiger partial charge in [0.25, 0.3) is 0 Å². The van der Waals surface area contributed by atoms with Gasteiger partial charge in [-0.2, -0.15) is 0 Å². The van der Waals surface area contributed by atoms with Crippen molar-refractivity contribution in [2.45, 2.75) is 6.42 Å². The summed E-state index contributed by atoms with van der Waals surface area (Å²) in [5, 5.41) is 11.1. The highest BCUT2D eigenvalue weighted by atomic mass is 16.3. The Hall–Kier alpha value is -1.24. The van der Waals surface area contributed by atoms with Gasteiger partial charge in [0.05, 0.1) is 0 Å². The molecule has 2 rings (SSSR count). The van der Waals surface area contributed by atoms with Crippen molar-refractivity contribution in [2.75, 3.05) is 0 Å². The topological polar surface area (TPSA) is 19.9 Å². The molecule has 1 aromatic carbocycles. The largest absolute Gasteiger partial charge is 0.289 e. The smallest absolute Gasteiger partial charge is 0.186 e. The molecule has 0 heterocycles. The third-order valence-electron chi connectivity index (χ3n) is 1.78. The molecule has 0 saturated carbocycles. The summed E-state index contributed by atoms with van der Waals surface area (Å²) in [6.45, 7) is 0. The monoisotopic (exact) mass is 131 g/mol. The highest BCUT2D eigenvalue weighted by Crippen LogP contribution is 2.27. The van der Waals surface area contributed by atoms with Crippen LogP contribution in [0.1, 0.15) is 11.1 Å². The molecule has 0 amide bonds. The van der Waals surface area contributed by atoms with Crippen LogP contribution >= 0.6 is 0 Å². The van der Waals surface area contributed by atoms with Crippen molar-refractivity contribution in [2.24, 2.45) is 0 Å². The molecule has 1 heteroatoms. The van der Waals surface area contributed by atoms with E-state index in [1.54, 1.807) is 6.07 Å². The molecule has 49 valence electrons. The molecule has 0 N–H and O–H groups in total. The van der Waals surface area contributed by atoms with Crippen LogP contribution in [-0.2, 0) is 11.5 Å². The van der Waals surface area contributed by atoms with Crippen LogP contribution in [-0.4, -0.2) is 0 Å². The van der Waals surface area contributed by atoms with Gasteiger partial charge in [0, 0.05) is 5.56 Å². The summed E-state index contributed by atoms with van der Waals surface area (Å²) in [4.78, 5) is 0. The Labute approximate surface area is 59.6 Å². The van der Waals surface area contributed by atoms with E-state index in [2.05, 4.69) is 0 Å². The predicted molar refractivity (Wildman–Crippen MR) is 39.3 cm³/mol. The minimum Gasteiger partial charge on any atom is -0.289 e. The van der Waals surface area contributed by atoms with Crippen LogP contribution in [0.2, 0.25) is 0 Å². The third kappa shape index (κ3) is 0.637. The van der Waals surface area contributed by atoms with E-state index in [1.807, 2.05) is 24.3 Å². The van der Waals surface area contributed by atoms with Crippen molar-refractivity contribution in [1.29, 1.82) is 0 Å². The first-order valence-electron chi connectivity index (χ1n) is 3.33. The Bertz CT molecular complexity index is 287. The molecular weight excluding hydrogens is 124 g/mol. The second-order valence-corrected chi connectivity index (χ2v) is 2.44. The normalized spacial score (nSPS) is 13.6. The van der Waals surface area contributed by atoms with Crippen molar-refractivity contribution in [1.82, 2.24) is 0 Å². The van der Waals surface area contributed by atoms with Crippen LogP contribution in [0.5, 0.6) is 5.75 Å². The van der Waals surface area contributed by atoms with Crippen LogP contribution in [0.4, 0.5) is 0 Å². The quantitative estimate of drug-likeness (QED) is 0.515. The van der Waals surface area contributed by atoms with Gasteiger partial charge in [-0.3, -0.25) is 5.11 Å². The van der Waals surface area contributed by atoms with Gasteiger partial charge in [0.15, 0.2) is 5.75 Å². The number of allylic oxidation sites excluding steroid dienone is 1. The van der Waals surface area contributed by atoms with E-state index in [0.29, 0.717) is 0 Å². The van der Waals surface area contributed by atoms with Gasteiger partial charge >= 0.3 is 0 Å². The molecule has 1 aliphatic carbocycles. The van der Waals surface area contributed by atoms with Gasteiger partial charge in [0.1, 0.15) is 0 Å². The zero-order chi connectivity index (χ0) is 6.97. The summed E-state index contributed by atoms with van der Waals surface area (Å²) in [7, 11) is 0. The lowest BCUT2D eigenvalue weighted by atomic mass is 10.1. The minimum atomic E-state index is 0.145. The van der Waals surface area contributed by atoms with Gasteiger partial charge in [-0.1, -0.05) is 24.3 Å². The SMILES string of the molecule is [O]c1cccc2c1C=CC2. The Morgan fingerprint density at radius 2 is 2.20 bits per heavy atom. The van der Waals surface area contributed by atoms with Gasteiger partial charge in [-0.25, -0.2) is 0 Å². The van der Waals surface area contributed by atoms with Crippen molar-refractivity contribution in [3.63, 3.8) is 0 Å². The van der Waals surface area contributed by atoms with Gasteiger partial charge in [0.2, 0.25) is 0 Å². The molecule has 0 aromatic heterocycles. The summed E-state index contributed by atoms with van der Waals surface area (Å²) in [6.07, 6.45) is 4.84. The summed E-state index contributed by atoms with van der Waals surface area (Å²) >= 11 is 0. The number of hydrogen-bond acceptors (Lipinski definition) is 0. The summed E-state index contributed by atoms with van der Waals surface area (Å²) in [5.41, 5.74) is 2.04. The van der Waals surface area contributed by atoms with Crippen molar-refractivity contribution >= 4 is 6.08 Å². The van der Waals surface area contributed by atoms with E-state index in [9.17, 15) is 5.11 Å². The van der Waals surface area contributed by atoms with Crippen molar-refractivity contribution < 1.29 is 5.11 Å². The molecule has 0 bridgehead atoms. The fraction of sp³-hybridized carbons (Fsp3) is 0.111. The molecule has 0 aliphatic heterocycles. The van der Waals surface area contributed by atoms with Crippen LogP contribution in [0.3, 0.4) is 0 Å². The number of benzene rings is 1. The average molecular weight is 131 g/mol. The average Bonchev–Trinajstić information content (AvgIpc) is 2.36. The fourth-order valence-electron chi connectivity index (χ4n) is 1.26. The molecule has 10 heavy (non-hydrogen) atoms. The molecule has 0 unspecified atom stereocenters. The highest BCUT2D eigenvalue weighted by molar-refractivity contribution is 5.65. The molecule has 1 nitrogen and oxygen atoms in total. The lowest BCUT2D eigenvalue weighted by Crippen LogP contribution is -1.78. The lowest BCUT2D eigenvalue weighted by molar-refractivity contribution is 0.354. The molecule has 0 atom stereocenters. The molecular formula is C9H7O. The first-order valence-corrected chi connectivity index (χ1v) is 3.33. The van der Waals surface area contributed by atoms with Crippen LogP contribution in [0.15, 0.2) is 24.3 Å². The summed E-state index contributed by atoms with van der Waals surface area (Å²) in [5.74, 6) is 0.145. The maximum atomic E-state index is 11.1. The van der Waals surface area contributed by atoms with E-state index >= 15 is 0 Å². The van der Waals surface area contributed by atoms with E-state index < -0.39 is 0 Å². The van der Waals surface area contributed by atoms with E-state index in [1.165, 1.54) is 0 Å². The number of fused-ring (bicyclic) bond motifs is 1. The van der Waals surface area contributed by atoms with Crippen LogP contribution in [0, 0.1) is 0 Å². The molecule has 0 spiro atoms.